The van der Waals surface area contributed by atoms with E-state index in [9.17, 15) is 4.79 Å². The minimum absolute atomic E-state index is 0.306. The van der Waals surface area contributed by atoms with Crippen LogP contribution in [0, 0.1) is 0 Å². The summed E-state index contributed by atoms with van der Waals surface area (Å²) < 4.78 is 6.60. The monoisotopic (exact) mass is 301 g/mol. The Kier molecular flexibility index (Phi) is 3.58. The maximum Gasteiger partial charge on any atom is 0.343 e. The Morgan fingerprint density at radius 3 is 2.90 bits per heavy atom. The van der Waals surface area contributed by atoms with E-state index in [0.29, 0.717) is 22.8 Å². The van der Waals surface area contributed by atoms with Crippen LogP contribution in [0.1, 0.15) is 17.3 Å². The normalized spacial score (nSPS) is 10.8. The van der Waals surface area contributed by atoms with E-state index in [2.05, 4.69) is 10.1 Å². The van der Waals surface area contributed by atoms with E-state index in [-0.39, 0.29) is 0 Å². The number of fused-ring (bicyclic) bond motifs is 1. The summed E-state index contributed by atoms with van der Waals surface area (Å²) in [7, 11) is 0. The summed E-state index contributed by atoms with van der Waals surface area (Å²) in [6.45, 7) is 2.06. The summed E-state index contributed by atoms with van der Waals surface area (Å²) in [6, 6.07) is 9.25. The molecular weight excluding hydrogens is 290 g/mol. The fraction of sp³-hybridized carbons (Fsp3) is 0.133. The van der Waals surface area contributed by atoms with E-state index in [0.717, 1.165) is 11.3 Å². The standard InChI is InChI=1S/C15H12ClN3O2/c1-2-21-15(20)11-9-18-19-13(7-8-17-14(11)19)10-5-3-4-6-12(10)16/h3-9H,2H2,1H3. The first-order valence-corrected chi connectivity index (χ1v) is 6.85. The van der Waals surface area contributed by atoms with Gasteiger partial charge in [0.1, 0.15) is 5.56 Å². The molecule has 1 aromatic carbocycles. The van der Waals surface area contributed by atoms with Crippen LogP contribution in [0.25, 0.3) is 16.9 Å². The van der Waals surface area contributed by atoms with Gasteiger partial charge in [-0.05, 0) is 19.1 Å². The molecule has 0 N–H and O–H groups in total. The first kappa shape index (κ1) is 13.6. The highest BCUT2D eigenvalue weighted by Crippen LogP contribution is 2.27. The van der Waals surface area contributed by atoms with Crippen molar-refractivity contribution in [1.29, 1.82) is 0 Å². The molecule has 0 fully saturated rings. The van der Waals surface area contributed by atoms with Gasteiger partial charge < -0.3 is 4.74 Å². The number of aromatic nitrogens is 3. The quantitative estimate of drug-likeness (QED) is 0.697. The number of hydrogen-bond donors (Lipinski definition) is 0. The van der Waals surface area contributed by atoms with E-state index in [1.165, 1.54) is 6.20 Å². The molecule has 0 saturated carbocycles. The fourth-order valence-corrected chi connectivity index (χ4v) is 2.35. The lowest BCUT2D eigenvalue weighted by molar-refractivity contribution is 0.0528. The number of halogens is 1. The average molecular weight is 302 g/mol. The maximum atomic E-state index is 11.9. The summed E-state index contributed by atoms with van der Waals surface area (Å²) in [4.78, 5) is 16.1. The molecule has 0 aliphatic heterocycles. The van der Waals surface area contributed by atoms with Gasteiger partial charge in [0.2, 0.25) is 0 Å². The third kappa shape index (κ3) is 2.36. The molecule has 106 valence electrons. The SMILES string of the molecule is CCOC(=O)c1cnn2c(-c3ccccc3Cl)ccnc12. The molecule has 5 nitrogen and oxygen atoms in total. The van der Waals surface area contributed by atoms with Gasteiger partial charge in [-0.15, -0.1) is 0 Å². The summed E-state index contributed by atoms with van der Waals surface area (Å²) >= 11 is 6.23. The van der Waals surface area contributed by atoms with Crippen molar-refractivity contribution in [2.24, 2.45) is 0 Å². The molecule has 0 unspecified atom stereocenters. The highest BCUT2D eigenvalue weighted by atomic mass is 35.5. The number of benzene rings is 1. The molecule has 2 heterocycles. The van der Waals surface area contributed by atoms with E-state index >= 15 is 0 Å². The molecule has 0 aliphatic carbocycles. The number of nitrogens with zero attached hydrogens (tertiary/aromatic N) is 3. The Morgan fingerprint density at radius 1 is 1.33 bits per heavy atom. The zero-order chi connectivity index (χ0) is 14.8. The molecule has 0 aliphatic rings. The van der Waals surface area contributed by atoms with Gasteiger partial charge in [0, 0.05) is 16.8 Å². The number of ether oxygens (including phenoxy) is 1. The van der Waals surface area contributed by atoms with Gasteiger partial charge in [0.15, 0.2) is 5.65 Å². The molecule has 3 rings (SSSR count). The van der Waals surface area contributed by atoms with Gasteiger partial charge in [0.05, 0.1) is 18.5 Å². The number of esters is 1. The largest absolute Gasteiger partial charge is 0.462 e. The lowest BCUT2D eigenvalue weighted by Gasteiger charge is -2.06. The Balaban J connectivity index is 2.19. The van der Waals surface area contributed by atoms with Gasteiger partial charge in [-0.3, -0.25) is 0 Å². The molecule has 0 atom stereocenters. The topological polar surface area (TPSA) is 56.5 Å². The molecular formula is C15H12ClN3O2. The van der Waals surface area contributed by atoms with Gasteiger partial charge in [-0.1, -0.05) is 29.8 Å². The number of hydrogen-bond acceptors (Lipinski definition) is 4. The van der Waals surface area contributed by atoms with Crippen LogP contribution in [0.5, 0.6) is 0 Å². The molecule has 21 heavy (non-hydrogen) atoms. The van der Waals surface area contributed by atoms with Crippen LogP contribution in [-0.2, 0) is 4.74 Å². The third-order valence-electron chi connectivity index (χ3n) is 3.05. The van der Waals surface area contributed by atoms with E-state index in [1.807, 2.05) is 18.2 Å². The smallest absolute Gasteiger partial charge is 0.343 e. The second kappa shape index (κ2) is 5.54. The lowest BCUT2D eigenvalue weighted by Crippen LogP contribution is -2.05. The molecule has 3 aromatic rings. The van der Waals surface area contributed by atoms with Crippen molar-refractivity contribution in [1.82, 2.24) is 14.6 Å². The first-order valence-electron chi connectivity index (χ1n) is 6.47. The molecule has 0 amide bonds. The van der Waals surface area contributed by atoms with Crippen LogP contribution in [0.15, 0.2) is 42.7 Å². The van der Waals surface area contributed by atoms with E-state index < -0.39 is 5.97 Å². The fourth-order valence-electron chi connectivity index (χ4n) is 2.12. The second-order valence-electron chi connectivity index (χ2n) is 4.32. The van der Waals surface area contributed by atoms with Crippen LogP contribution in [0.2, 0.25) is 5.02 Å². The minimum atomic E-state index is -0.434. The predicted molar refractivity (Wildman–Crippen MR) is 79.4 cm³/mol. The van der Waals surface area contributed by atoms with Crippen LogP contribution in [0.3, 0.4) is 0 Å². The van der Waals surface area contributed by atoms with Crippen LogP contribution in [0.4, 0.5) is 0 Å². The van der Waals surface area contributed by atoms with Crippen molar-refractivity contribution >= 4 is 23.2 Å². The summed E-state index contributed by atoms with van der Waals surface area (Å²) in [5.41, 5.74) is 2.38. The van der Waals surface area contributed by atoms with Crippen molar-refractivity contribution in [3.05, 3.63) is 53.3 Å². The highest BCUT2D eigenvalue weighted by Gasteiger charge is 2.17. The Morgan fingerprint density at radius 2 is 2.14 bits per heavy atom. The van der Waals surface area contributed by atoms with Crippen molar-refractivity contribution in [3.8, 4) is 11.3 Å². The Labute approximate surface area is 126 Å². The number of carbonyl (C=O) groups excluding carboxylic acids is 1. The Bertz CT molecular complexity index is 814. The van der Waals surface area contributed by atoms with Crippen molar-refractivity contribution in [3.63, 3.8) is 0 Å². The highest BCUT2D eigenvalue weighted by molar-refractivity contribution is 6.33. The lowest BCUT2D eigenvalue weighted by atomic mass is 10.1. The summed E-state index contributed by atoms with van der Waals surface area (Å²) in [5, 5.41) is 4.84. The number of rotatable bonds is 3. The molecule has 0 spiro atoms. The van der Waals surface area contributed by atoms with Crippen LogP contribution >= 0.6 is 11.6 Å². The zero-order valence-electron chi connectivity index (χ0n) is 11.3. The Hall–Kier alpha value is -2.40. The molecule has 0 radical (unpaired) electrons. The zero-order valence-corrected chi connectivity index (χ0v) is 12.0. The van der Waals surface area contributed by atoms with Crippen molar-refractivity contribution in [2.45, 2.75) is 6.92 Å². The number of carbonyl (C=O) groups is 1. The van der Waals surface area contributed by atoms with Crippen LogP contribution < -0.4 is 0 Å². The van der Waals surface area contributed by atoms with Gasteiger partial charge in [-0.25, -0.2) is 14.3 Å². The molecule has 0 bridgehead atoms. The van der Waals surface area contributed by atoms with Crippen LogP contribution in [-0.4, -0.2) is 27.2 Å². The average Bonchev–Trinajstić information content (AvgIpc) is 2.92. The first-order chi connectivity index (χ1) is 10.2. The van der Waals surface area contributed by atoms with E-state index in [1.54, 1.807) is 29.8 Å². The summed E-state index contributed by atoms with van der Waals surface area (Å²) in [6.07, 6.45) is 3.08. The minimum Gasteiger partial charge on any atom is -0.462 e. The summed E-state index contributed by atoms with van der Waals surface area (Å²) in [5.74, 6) is -0.434. The van der Waals surface area contributed by atoms with Crippen molar-refractivity contribution in [2.75, 3.05) is 6.61 Å². The van der Waals surface area contributed by atoms with Crippen molar-refractivity contribution < 1.29 is 9.53 Å². The molecule has 6 heteroatoms. The molecule has 2 aromatic heterocycles. The third-order valence-corrected chi connectivity index (χ3v) is 3.38. The van der Waals surface area contributed by atoms with Gasteiger partial charge in [0.25, 0.3) is 0 Å². The maximum absolute atomic E-state index is 11.9. The second-order valence-corrected chi connectivity index (χ2v) is 4.73. The van der Waals surface area contributed by atoms with E-state index in [4.69, 9.17) is 16.3 Å². The predicted octanol–water partition coefficient (Wildman–Crippen LogP) is 3.23. The van der Waals surface area contributed by atoms with Gasteiger partial charge in [-0.2, -0.15) is 5.10 Å². The van der Waals surface area contributed by atoms with Gasteiger partial charge >= 0.3 is 5.97 Å². The molecule has 0 saturated heterocycles.